The van der Waals surface area contributed by atoms with Crippen LogP contribution in [0.25, 0.3) is 0 Å². The van der Waals surface area contributed by atoms with Gasteiger partial charge in [0.2, 0.25) is 0 Å². The molecule has 0 N–H and O–H groups in total. The second-order valence-electron chi connectivity index (χ2n) is 6.62. The fourth-order valence-electron chi connectivity index (χ4n) is 2.94. The highest BCUT2D eigenvalue weighted by Crippen LogP contribution is 2.33. The van der Waals surface area contributed by atoms with E-state index in [-0.39, 0.29) is 18.9 Å². The van der Waals surface area contributed by atoms with Crippen LogP contribution in [0.3, 0.4) is 0 Å². The summed E-state index contributed by atoms with van der Waals surface area (Å²) >= 11 is 0. The molecule has 0 aromatic heterocycles. The summed E-state index contributed by atoms with van der Waals surface area (Å²) in [6, 6.07) is 0. The Morgan fingerprint density at radius 1 is 0.957 bits per heavy atom. The van der Waals surface area contributed by atoms with E-state index in [1.807, 2.05) is 4.72 Å². The molecule has 0 unspecified atom stereocenters. The third-order valence-electron chi connectivity index (χ3n) is 4.67. The first-order chi connectivity index (χ1) is 10.2. The summed E-state index contributed by atoms with van der Waals surface area (Å²) in [7, 11) is 41.0. The van der Waals surface area contributed by atoms with E-state index in [0.29, 0.717) is 6.54 Å². The Kier molecular flexibility index (Phi) is 11.4. The van der Waals surface area contributed by atoms with Crippen molar-refractivity contribution in [2.45, 2.75) is 26.2 Å². The number of rotatable bonds is 8. The summed E-state index contributed by atoms with van der Waals surface area (Å²) in [6.45, 7) is 3.21. The van der Waals surface area contributed by atoms with Crippen LogP contribution in [0.1, 0.15) is 26.2 Å². The lowest BCUT2D eigenvalue weighted by atomic mass is 8.65. The normalized spacial score (nSPS) is 16.3. The molecule has 0 spiro atoms. The minimum atomic E-state index is -0.750. The van der Waals surface area contributed by atoms with Crippen molar-refractivity contribution in [2.24, 2.45) is 5.41 Å². The maximum absolute atomic E-state index is 6.06. The largest absolute Gasteiger partial charge is 0.411 e. The van der Waals surface area contributed by atoms with Crippen LogP contribution in [-0.2, 0) is 4.74 Å². The Hall–Kier alpha value is 1.05. The first-order valence-electron chi connectivity index (χ1n) is 7.80. The summed E-state index contributed by atoms with van der Waals surface area (Å²) in [4.78, 5) is 0. The van der Waals surface area contributed by atoms with Gasteiger partial charge >= 0.3 is 0 Å². The Morgan fingerprint density at radius 2 is 1.48 bits per heavy atom. The van der Waals surface area contributed by atoms with Gasteiger partial charge in [0.05, 0.1) is 0 Å². The summed E-state index contributed by atoms with van der Waals surface area (Å²) < 4.78 is 7.23. The summed E-state index contributed by atoms with van der Waals surface area (Å²) in [5, 5.41) is 0. The highest BCUT2D eigenvalue weighted by molar-refractivity contribution is 7.91. The van der Waals surface area contributed by atoms with Gasteiger partial charge in [-0.2, -0.15) is 13.5 Å². The predicted octanol–water partition coefficient (Wildman–Crippen LogP) is -3.03. The predicted molar refractivity (Wildman–Crippen MR) is 119 cm³/mol. The molecule has 15 heteroatoms. The van der Waals surface area contributed by atoms with E-state index in [4.69, 9.17) is 58.9 Å². The van der Waals surface area contributed by atoms with Crippen molar-refractivity contribution in [3.63, 3.8) is 0 Å². The van der Waals surface area contributed by atoms with Crippen LogP contribution < -0.4 is 0 Å². The minimum Gasteiger partial charge on any atom is -0.411 e. The van der Waals surface area contributed by atoms with Crippen LogP contribution in [0.15, 0.2) is 0 Å². The Bertz CT molecular complexity index is 330. The molecule has 0 aromatic rings. The lowest BCUT2D eigenvalue weighted by Crippen LogP contribution is -2.71. The molecule has 1 aliphatic heterocycles. The van der Waals surface area contributed by atoms with Crippen molar-refractivity contribution < 1.29 is 4.74 Å². The van der Waals surface area contributed by atoms with Crippen molar-refractivity contribution >= 4 is 100 Å². The molecule has 0 aliphatic carbocycles. The van der Waals surface area contributed by atoms with E-state index in [1.165, 1.54) is 0 Å². The van der Waals surface area contributed by atoms with Gasteiger partial charge in [-0.3, -0.25) is 0 Å². The lowest BCUT2D eigenvalue weighted by molar-refractivity contribution is 0.0192. The molecule has 0 aromatic carbocycles. The molecular formula is C8H17B12NOS. The van der Waals surface area contributed by atoms with Crippen LogP contribution in [0, 0.1) is 5.41 Å². The van der Waals surface area contributed by atoms with Crippen molar-refractivity contribution in [1.29, 1.82) is 0 Å². The Morgan fingerprint density at radius 3 is 1.87 bits per heavy atom. The molecule has 1 saturated heterocycles. The van der Waals surface area contributed by atoms with Crippen molar-refractivity contribution in [2.75, 3.05) is 19.8 Å². The molecule has 102 valence electrons. The number of hydrogen-bond acceptors (Lipinski definition) is 2. The van der Waals surface area contributed by atoms with Gasteiger partial charge in [0, 0.05) is 86.5 Å². The third-order valence-corrected chi connectivity index (χ3v) is 4.67. The Labute approximate surface area is 160 Å². The molecule has 0 atom stereocenters. The molecular weight excluding hydrogens is 288 g/mol. The van der Waals surface area contributed by atoms with Gasteiger partial charge in [-0.1, -0.05) is 6.92 Å². The van der Waals surface area contributed by atoms with Gasteiger partial charge in [0.1, 0.15) is 13.3 Å². The maximum atomic E-state index is 6.06. The van der Waals surface area contributed by atoms with Gasteiger partial charge in [-0.05, 0) is 31.2 Å². The van der Waals surface area contributed by atoms with Crippen LogP contribution in [0.5, 0.6) is 0 Å². The van der Waals surface area contributed by atoms with Gasteiger partial charge in [-0.15, -0.1) is 0 Å². The van der Waals surface area contributed by atoms with Crippen LogP contribution in [-0.4, -0.2) is 111 Å². The van der Waals surface area contributed by atoms with E-state index >= 15 is 0 Å². The van der Waals surface area contributed by atoms with Gasteiger partial charge in [0.25, 0.3) is 0 Å². The van der Waals surface area contributed by atoms with E-state index in [2.05, 4.69) is 6.92 Å². The zero-order valence-corrected chi connectivity index (χ0v) is 15.0. The standard InChI is InChI=1S/C8H15B12NO.H2S/c1-8(3-6-22-7-4-8)2-5-21(18(13)14)20(17(11)12)19(15)16(9)10;/h2-7H2,1H3;1H2. The molecule has 1 fully saturated rings. The maximum Gasteiger partial charge on any atom is 0.105 e. The molecule has 0 saturated carbocycles. The smallest absolute Gasteiger partial charge is 0.105 e. The van der Waals surface area contributed by atoms with E-state index in [9.17, 15) is 0 Å². The SMILES string of the molecule is S.[B]B([B])B([B])B(B([B])[B])N(CCC1(C)CCOCC1)B([B])[B]. The molecule has 2 nitrogen and oxygen atoms in total. The monoisotopic (exact) mass is 307 g/mol. The molecule has 23 heavy (non-hydrogen) atoms. The summed E-state index contributed by atoms with van der Waals surface area (Å²) in [5.74, 6) is 0. The molecule has 1 heterocycles. The van der Waals surface area contributed by atoms with Crippen molar-refractivity contribution in [1.82, 2.24) is 4.72 Å². The fraction of sp³-hybridized carbons (Fsp3) is 1.00. The third kappa shape index (κ3) is 7.44. The van der Waals surface area contributed by atoms with Gasteiger partial charge in [-0.25, -0.2) is 0 Å². The zero-order chi connectivity index (χ0) is 16.9. The van der Waals surface area contributed by atoms with Crippen LogP contribution in [0.2, 0.25) is 0 Å². The molecule has 1 aliphatic rings. The molecule has 0 bridgehead atoms. The number of nitrogens with zero attached hydrogens (tertiary/aromatic N) is 1. The Balaban J connectivity index is 0.00000484. The first kappa shape index (κ1) is 24.0. The van der Waals surface area contributed by atoms with Crippen LogP contribution >= 0.6 is 13.5 Å². The highest BCUT2D eigenvalue weighted by Gasteiger charge is 2.36. The zero-order valence-electron chi connectivity index (χ0n) is 14.0. The fourth-order valence-corrected chi connectivity index (χ4v) is 2.94. The lowest BCUT2D eigenvalue weighted by Gasteiger charge is -2.43. The highest BCUT2D eigenvalue weighted by atomic mass is 32.1. The number of ether oxygens (including phenoxy) is 1. The van der Waals surface area contributed by atoms with Crippen LogP contribution in [0.4, 0.5) is 0 Å². The summed E-state index contributed by atoms with van der Waals surface area (Å²) in [5.41, 5.74) is 0.184. The molecule has 1 rings (SSSR count). The average molecular weight is 305 g/mol. The topological polar surface area (TPSA) is 12.5 Å². The number of hydrogen-bond donors (Lipinski definition) is 0. The minimum absolute atomic E-state index is 0. The molecule has 0 amide bonds. The first-order valence-corrected chi connectivity index (χ1v) is 7.80. The summed E-state index contributed by atoms with van der Waals surface area (Å²) in [6.07, 6.45) is 0.806. The van der Waals surface area contributed by atoms with Crippen molar-refractivity contribution in [3.05, 3.63) is 0 Å². The van der Waals surface area contributed by atoms with Crippen molar-refractivity contribution in [3.8, 4) is 0 Å². The quantitative estimate of drug-likeness (QED) is 0.442. The van der Waals surface area contributed by atoms with E-state index in [0.717, 1.165) is 32.5 Å². The van der Waals surface area contributed by atoms with Gasteiger partial charge in [0.15, 0.2) is 0 Å². The van der Waals surface area contributed by atoms with E-state index < -0.39 is 32.4 Å². The molecule has 14 radical (unpaired) electrons. The average Bonchev–Trinajstić information content (AvgIpc) is 2.42. The van der Waals surface area contributed by atoms with Gasteiger partial charge < -0.3 is 9.46 Å². The second kappa shape index (κ2) is 10.9. The second-order valence-corrected chi connectivity index (χ2v) is 6.62. The van der Waals surface area contributed by atoms with E-state index in [1.54, 1.807) is 0 Å².